The molecule has 0 radical (unpaired) electrons. The zero-order chi connectivity index (χ0) is 25.8. The Labute approximate surface area is 210 Å². The van der Waals surface area contributed by atoms with Crippen LogP contribution in [0, 0.1) is 0 Å². The Bertz CT molecular complexity index is 1350. The maximum Gasteiger partial charge on any atom is 0.421 e. The molecule has 3 N–H and O–H groups in total. The SMILES string of the molecule is CCOC(=O)N1C(=O)/C(=C(\Nc2ccc(CN(C)C)c(C(N)=O)c2)c2ccccc2)c2ccccc21. The average molecular weight is 485 g/mol. The van der Waals surface area contributed by atoms with E-state index in [1.165, 1.54) is 0 Å². The summed E-state index contributed by atoms with van der Waals surface area (Å²) in [6.45, 7) is 2.38. The molecule has 0 unspecified atom stereocenters. The summed E-state index contributed by atoms with van der Waals surface area (Å²) in [4.78, 5) is 41.6. The van der Waals surface area contributed by atoms with E-state index in [1.54, 1.807) is 31.2 Å². The van der Waals surface area contributed by atoms with Gasteiger partial charge in [-0.2, -0.15) is 0 Å². The highest BCUT2D eigenvalue weighted by Crippen LogP contribution is 2.41. The molecule has 0 saturated carbocycles. The molecular weight excluding hydrogens is 456 g/mol. The van der Waals surface area contributed by atoms with Crippen molar-refractivity contribution in [3.05, 3.63) is 95.1 Å². The van der Waals surface area contributed by atoms with Crippen molar-refractivity contribution in [2.75, 3.05) is 30.9 Å². The fourth-order valence-corrected chi connectivity index (χ4v) is 4.22. The zero-order valence-electron chi connectivity index (χ0n) is 20.4. The first kappa shape index (κ1) is 24.7. The third-order valence-electron chi connectivity index (χ3n) is 5.73. The van der Waals surface area contributed by atoms with Crippen LogP contribution in [-0.4, -0.2) is 43.5 Å². The lowest BCUT2D eigenvalue weighted by Crippen LogP contribution is -2.34. The standard InChI is InChI=1S/C28H28N4O4/c1-4-36-28(35)32-23-13-9-8-12-21(23)24(27(32)34)25(18-10-6-5-7-11-18)30-20-15-14-19(17-31(2)3)22(16-20)26(29)33/h5-16,30H,4,17H2,1-3H3,(H2,29,33)/b25-24-. The second kappa shape index (κ2) is 10.5. The molecule has 184 valence electrons. The second-order valence-electron chi connectivity index (χ2n) is 8.57. The zero-order valence-corrected chi connectivity index (χ0v) is 20.4. The van der Waals surface area contributed by atoms with E-state index in [0.29, 0.717) is 40.3 Å². The fourth-order valence-electron chi connectivity index (χ4n) is 4.22. The summed E-state index contributed by atoms with van der Waals surface area (Å²) in [6, 6.07) is 21.8. The van der Waals surface area contributed by atoms with Crippen LogP contribution >= 0.6 is 0 Å². The van der Waals surface area contributed by atoms with Gasteiger partial charge in [0.2, 0.25) is 5.91 Å². The van der Waals surface area contributed by atoms with E-state index >= 15 is 0 Å². The molecule has 8 heteroatoms. The van der Waals surface area contributed by atoms with Gasteiger partial charge in [-0.3, -0.25) is 9.59 Å². The lowest BCUT2D eigenvalue weighted by molar-refractivity contribution is -0.112. The highest BCUT2D eigenvalue weighted by atomic mass is 16.6. The Morgan fingerprint density at radius 1 is 1.00 bits per heavy atom. The molecule has 4 rings (SSSR count). The van der Waals surface area contributed by atoms with E-state index in [-0.39, 0.29) is 6.61 Å². The minimum Gasteiger partial charge on any atom is -0.449 e. The van der Waals surface area contributed by atoms with Crippen LogP contribution in [0.2, 0.25) is 0 Å². The number of amides is 3. The van der Waals surface area contributed by atoms with Gasteiger partial charge < -0.3 is 20.7 Å². The number of nitrogens with zero attached hydrogens (tertiary/aromatic N) is 2. The lowest BCUT2D eigenvalue weighted by atomic mass is 9.99. The third kappa shape index (κ3) is 4.85. The molecule has 1 aliphatic rings. The van der Waals surface area contributed by atoms with Gasteiger partial charge in [-0.05, 0) is 50.3 Å². The molecule has 1 aliphatic heterocycles. The second-order valence-corrected chi connectivity index (χ2v) is 8.57. The van der Waals surface area contributed by atoms with Gasteiger partial charge in [0, 0.05) is 23.4 Å². The summed E-state index contributed by atoms with van der Waals surface area (Å²) in [6.07, 6.45) is -0.735. The normalized spacial score (nSPS) is 14.0. The molecule has 3 aromatic rings. The molecule has 3 aromatic carbocycles. The molecule has 36 heavy (non-hydrogen) atoms. The minimum atomic E-state index is -0.735. The molecule has 0 atom stereocenters. The number of hydrogen-bond donors (Lipinski definition) is 2. The molecule has 0 fully saturated rings. The van der Waals surface area contributed by atoms with Gasteiger partial charge in [-0.15, -0.1) is 0 Å². The van der Waals surface area contributed by atoms with Crippen LogP contribution in [0.15, 0.2) is 72.8 Å². The number of hydrogen-bond acceptors (Lipinski definition) is 6. The van der Waals surface area contributed by atoms with E-state index in [0.717, 1.165) is 16.0 Å². The molecule has 1 heterocycles. The first-order valence-corrected chi connectivity index (χ1v) is 11.6. The first-order chi connectivity index (χ1) is 17.3. The van der Waals surface area contributed by atoms with Gasteiger partial charge in [0.15, 0.2) is 0 Å². The molecule has 0 bridgehead atoms. The topological polar surface area (TPSA) is 105 Å². The van der Waals surface area contributed by atoms with Gasteiger partial charge in [0.1, 0.15) is 0 Å². The van der Waals surface area contributed by atoms with Gasteiger partial charge >= 0.3 is 6.09 Å². The van der Waals surface area contributed by atoms with Crippen molar-refractivity contribution < 1.29 is 19.1 Å². The molecule has 0 aromatic heterocycles. The number of carbonyl (C=O) groups is 3. The summed E-state index contributed by atoms with van der Waals surface area (Å²) < 4.78 is 5.16. The number of benzene rings is 3. The van der Waals surface area contributed by atoms with Crippen LogP contribution < -0.4 is 16.0 Å². The van der Waals surface area contributed by atoms with E-state index in [4.69, 9.17) is 10.5 Å². The maximum absolute atomic E-state index is 13.7. The highest BCUT2D eigenvalue weighted by Gasteiger charge is 2.39. The van der Waals surface area contributed by atoms with Crippen molar-refractivity contribution in [2.45, 2.75) is 13.5 Å². The fraction of sp³-hybridized carbons (Fsp3) is 0.179. The Morgan fingerprint density at radius 2 is 1.69 bits per heavy atom. The van der Waals surface area contributed by atoms with Crippen molar-refractivity contribution in [3.8, 4) is 0 Å². The monoisotopic (exact) mass is 484 g/mol. The number of ether oxygens (including phenoxy) is 1. The third-order valence-corrected chi connectivity index (χ3v) is 5.73. The van der Waals surface area contributed by atoms with Gasteiger partial charge in [0.05, 0.1) is 23.6 Å². The molecule has 0 aliphatic carbocycles. The Kier molecular flexibility index (Phi) is 7.17. The van der Waals surface area contributed by atoms with E-state index in [2.05, 4.69) is 5.32 Å². The number of imide groups is 1. The number of nitrogens with one attached hydrogen (secondary N) is 1. The molecule has 8 nitrogen and oxygen atoms in total. The predicted molar refractivity (Wildman–Crippen MR) is 140 cm³/mol. The smallest absolute Gasteiger partial charge is 0.421 e. The van der Waals surface area contributed by atoms with Crippen molar-refractivity contribution >= 4 is 40.6 Å². The van der Waals surface area contributed by atoms with E-state index < -0.39 is 17.9 Å². The summed E-state index contributed by atoms with van der Waals surface area (Å²) >= 11 is 0. The maximum atomic E-state index is 13.7. The Balaban J connectivity index is 1.88. The minimum absolute atomic E-state index is 0.142. The summed E-state index contributed by atoms with van der Waals surface area (Å²) in [5.74, 6) is -1.04. The van der Waals surface area contributed by atoms with Crippen LogP contribution in [0.5, 0.6) is 0 Å². The van der Waals surface area contributed by atoms with Crippen LogP contribution in [0.4, 0.5) is 16.2 Å². The van der Waals surface area contributed by atoms with E-state index in [9.17, 15) is 14.4 Å². The van der Waals surface area contributed by atoms with Crippen LogP contribution in [-0.2, 0) is 16.1 Å². The van der Waals surface area contributed by atoms with Crippen LogP contribution in [0.3, 0.4) is 0 Å². The summed E-state index contributed by atoms with van der Waals surface area (Å²) in [7, 11) is 3.82. The number of anilines is 2. The van der Waals surface area contributed by atoms with Gasteiger partial charge in [-0.25, -0.2) is 9.69 Å². The van der Waals surface area contributed by atoms with Crippen molar-refractivity contribution in [2.24, 2.45) is 5.73 Å². The van der Waals surface area contributed by atoms with Crippen LogP contribution in [0.1, 0.15) is 34.0 Å². The summed E-state index contributed by atoms with van der Waals surface area (Å²) in [5.41, 5.74) is 10.0. The Hall–Kier alpha value is -4.43. The molecule has 0 saturated heterocycles. The number of rotatable bonds is 7. The summed E-state index contributed by atoms with van der Waals surface area (Å²) in [5, 5.41) is 3.33. The number of primary amides is 1. The molecular formula is C28H28N4O4. The Morgan fingerprint density at radius 3 is 2.36 bits per heavy atom. The van der Waals surface area contributed by atoms with Gasteiger partial charge in [0.25, 0.3) is 5.91 Å². The predicted octanol–water partition coefficient (Wildman–Crippen LogP) is 4.33. The van der Waals surface area contributed by atoms with Crippen molar-refractivity contribution in [1.82, 2.24) is 4.90 Å². The number of fused-ring (bicyclic) bond motifs is 1. The number of para-hydroxylation sites is 1. The van der Waals surface area contributed by atoms with E-state index in [1.807, 2.05) is 67.5 Å². The average Bonchev–Trinajstić information content (AvgIpc) is 3.15. The number of nitrogens with two attached hydrogens (primary N) is 1. The number of carbonyl (C=O) groups excluding carboxylic acids is 3. The van der Waals surface area contributed by atoms with Crippen molar-refractivity contribution in [1.29, 1.82) is 0 Å². The van der Waals surface area contributed by atoms with Crippen LogP contribution in [0.25, 0.3) is 11.3 Å². The lowest BCUT2D eigenvalue weighted by Gasteiger charge is -2.18. The van der Waals surface area contributed by atoms with Gasteiger partial charge in [-0.1, -0.05) is 54.6 Å². The highest BCUT2D eigenvalue weighted by molar-refractivity contribution is 6.43. The van der Waals surface area contributed by atoms with Crippen molar-refractivity contribution in [3.63, 3.8) is 0 Å². The molecule has 0 spiro atoms. The quantitative estimate of drug-likeness (QED) is 0.484. The largest absolute Gasteiger partial charge is 0.449 e. The molecule has 3 amide bonds. The first-order valence-electron chi connectivity index (χ1n) is 11.6.